The topological polar surface area (TPSA) is 139 Å². The Kier molecular flexibility index (Phi) is 8.78. The molecule has 1 aromatic heterocycles. The zero-order valence-corrected chi connectivity index (χ0v) is 19.6. The van der Waals surface area contributed by atoms with Gasteiger partial charge in [-0.2, -0.15) is 0 Å². The lowest BCUT2D eigenvalue weighted by Gasteiger charge is -2.15. The molecule has 0 aliphatic heterocycles. The summed E-state index contributed by atoms with van der Waals surface area (Å²) in [7, 11) is 7.09. The molecule has 1 unspecified atom stereocenters. The van der Waals surface area contributed by atoms with Crippen LogP contribution in [0.5, 0.6) is 0 Å². The number of benzene rings is 1. The SMILES string of the molecule is COC1=Cc2c(c(N)cn(CCN(C)C)c2=O)C=CC1OC.Cc1cc([N+](=O)[O-])ccc1N. The number of rotatable bonds is 6. The molecule has 0 spiro atoms. The number of pyridine rings is 1. The molecule has 10 nitrogen and oxygen atoms in total. The fraction of sp³-hybridized carbons (Fsp3) is 0.348. The summed E-state index contributed by atoms with van der Waals surface area (Å²) in [4.78, 5) is 24.5. The summed E-state index contributed by atoms with van der Waals surface area (Å²) in [6.45, 7) is 3.08. The quantitative estimate of drug-likeness (QED) is 0.383. The van der Waals surface area contributed by atoms with E-state index in [0.717, 1.165) is 12.1 Å². The first-order chi connectivity index (χ1) is 15.6. The fourth-order valence-corrected chi connectivity index (χ4v) is 3.17. The van der Waals surface area contributed by atoms with Crippen LogP contribution in [0, 0.1) is 17.0 Å². The number of likely N-dealkylation sites (N-methyl/N-ethyl adjacent to an activating group) is 1. The Morgan fingerprint density at radius 3 is 2.42 bits per heavy atom. The molecule has 178 valence electrons. The van der Waals surface area contributed by atoms with Gasteiger partial charge in [0, 0.05) is 49.8 Å². The second kappa shape index (κ2) is 11.3. The van der Waals surface area contributed by atoms with Gasteiger partial charge in [-0.25, -0.2) is 0 Å². The van der Waals surface area contributed by atoms with E-state index in [1.807, 2.05) is 31.1 Å². The highest BCUT2D eigenvalue weighted by Crippen LogP contribution is 2.25. The molecule has 4 N–H and O–H groups in total. The Labute approximate surface area is 192 Å². The van der Waals surface area contributed by atoms with Crippen molar-refractivity contribution in [3.8, 4) is 0 Å². The van der Waals surface area contributed by atoms with Crippen molar-refractivity contribution >= 4 is 29.2 Å². The number of fused-ring (bicyclic) bond motifs is 1. The molecule has 2 aromatic rings. The number of non-ortho nitro benzene ring substituents is 1. The summed E-state index contributed by atoms with van der Waals surface area (Å²) >= 11 is 0. The van der Waals surface area contributed by atoms with Crippen LogP contribution in [-0.4, -0.2) is 55.4 Å². The number of hydrogen-bond acceptors (Lipinski definition) is 8. The minimum atomic E-state index is -0.438. The number of anilines is 2. The minimum Gasteiger partial charge on any atom is -0.498 e. The third kappa shape index (κ3) is 6.43. The molecule has 0 saturated heterocycles. The largest absolute Gasteiger partial charge is 0.498 e. The van der Waals surface area contributed by atoms with E-state index < -0.39 is 4.92 Å². The highest BCUT2D eigenvalue weighted by atomic mass is 16.6. The van der Waals surface area contributed by atoms with Gasteiger partial charge in [-0.3, -0.25) is 14.9 Å². The minimum absolute atomic E-state index is 0.0803. The van der Waals surface area contributed by atoms with Gasteiger partial charge in [-0.1, -0.05) is 6.08 Å². The molecular formula is C23H31N5O5. The first-order valence-corrected chi connectivity index (χ1v) is 10.2. The van der Waals surface area contributed by atoms with Crippen molar-refractivity contribution in [3.05, 3.63) is 73.4 Å². The first kappa shape index (κ1) is 25.6. The van der Waals surface area contributed by atoms with E-state index in [9.17, 15) is 14.9 Å². The second-order valence-electron chi connectivity index (χ2n) is 7.78. The fourth-order valence-electron chi connectivity index (χ4n) is 3.17. The highest BCUT2D eigenvalue weighted by Gasteiger charge is 2.19. The summed E-state index contributed by atoms with van der Waals surface area (Å²) in [6.07, 6.45) is 6.74. The van der Waals surface area contributed by atoms with E-state index in [1.54, 1.807) is 38.0 Å². The highest BCUT2D eigenvalue weighted by molar-refractivity contribution is 5.76. The van der Waals surface area contributed by atoms with Gasteiger partial charge in [-0.05, 0) is 44.8 Å². The summed E-state index contributed by atoms with van der Waals surface area (Å²) in [6, 6.07) is 4.38. The number of nitro benzene ring substituents is 1. The number of aromatic nitrogens is 1. The molecule has 1 aromatic carbocycles. The van der Waals surface area contributed by atoms with Gasteiger partial charge in [0.1, 0.15) is 11.9 Å². The van der Waals surface area contributed by atoms with Crippen LogP contribution < -0.4 is 17.0 Å². The maximum Gasteiger partial charge on any atom is 0.269 e. The van der Waals surface area contributed by atoms with Crippen LogP contribution in [-0.2, 0) is 16.0 Å². The van der Waals surface area contributed by atoms with Crippen LogP contribution >= 0.6 is 0 Å². The zero-order chi connectivity index (χ0) is 24.7. The van der Waals surface area contributed by atoms with Gasteiger partial charge in [0.05, 0.1) is 23.3 Å². The number of nitrogens with zero attached hydrogens (tertiary/aromatic N) is 3. The van der Waals surface area contributed by atoms with Crippen molar-refractivity contribution in [3.63, 3.8) is 0 Å². The molecule has 1 heterocycles. The van der Waals surface area contributed by atoms with Crippen LogP contribution in [0.4, 0.5) is 17.1 Å². The molecule has 10 heteroatoms. The van der Waals surface area contributed by atoms with Crippen molar-refractivity contribution in [2.75, 3.05) is 46.3 Å². The Bertz CT molecular complexity index is 1120. The van der Waals surface area contributed by atoms with Gasteiger partial charge in [0.2, 0.25) is 0 Å². The van der Waals surface area contributed by atoms with Crippen LogP contribution in [0.3, 0.4) is 0 Å². The van der Waals surface area contributed by atoms with Gasteiger partial charge >= 0.3 is 0 Å². The molecule has 1 aliphatic carbocycles. The van der Waals surface area contributed by atoms with E-state index in [2.05, 4.69) is 0 Å². The van der Waals surface area contributed by atoms with E-state index in [4.69, 9.17) is 20.9 Å². The molecule has 0 amide bonds. The summed E-state index contributed by atoms with van der Waals surface area (Å²) in [5, 5.41) is 10.2. The van der Waals surface area contributed by atoms with Crippen molar-refractivity contribution in [2.24, 2.45) is 0 Å². The Morgan fingerprint density at radius 2 is 1.88 bits per heavy atom. The lowest BCUT2D eigenvalue weighted by atomic mass is 10.1. The monoisotopic (exact) mass is 457 g/mol. The maximum absolute atomic E-state index is 12.7. The molecule has 3 rings (SSSR count). The summed E-state index contributed by atoms with van der Waals surface area (Å²) < 4.78 is 12.3. The number of nitrogen functional groups attached to an aromatic ring is 2. The predicted molar refractivity (Wildman–Crippen MR) is 131 cm³/mol. The first-order valence-electron chi connectivity index (χ1n) is 10.2. The number of ether oxygens (including phenoxy) is 2. The van der Waals surface area contributed by atoms with Gasteiger partial charge in [-0.15, -0.1) is 0 Å². The second-order valence-corrected chi connectivity index (χ2v) is 7.78. The van der Waals surface area contributed by atoms with Crippen molar-refractivity contribution in [1.82, 2.24) is 9.47 Å². The molecule has 0 bridgehead atoms. The molecular weight excluding hydrogens is 426 g/mol. The van der Waals surface area contributed by atoms with Gasteiger partial charge in [0.15, 0.2) is 0 Å². The molecule has 0 saturated carbocycles. The standard InChI is InChI=1S/C16H23N3O3.C7H8N2O2/c1-18(2)7-8-19-10-13(17)11-5-6-14(21-3)15(22-4)9-12(11)16(19)20;1-5-4-6(9(10)11)2-3-7(5)8/h5-6,9-10,14H,7-8,17H2,1-4H3;2-4H,8H2,1H3. The zero-order valence-electron chi connectivity index (χ0n) is 19.6. The average Bonchev–Trinajstić information content (AvgIpc) is 2.97. The third-order valence-electron chi connectivity index (χ3n) is 5.13. The third-order valence-corrected chi connectivity index (χ3v) is 5.13. The molecule has 1 atom stereocenters. The molecule has 0 radical (unpaired) electrons. The molecule has 33 heavy (non-hydrogen) atoms. The van der Waals surface area contributed by atoms with E-state index in [-0.39, 0.29) is 17.4 Å². The van der Waals surface area contributed by atoms with E-state index in [1.165, 1.54) is 18.2 Å². The summed E-state index contributed by atoms with van der Waals surface area (Å²) in [5.41, 5.74) is 14.7. The number of nitro groups is 1. The van der Waals surface area contributed by atoms with Gasteiger partial charge in [0.25, 0.3) is 11.2 Å². The maximum atomic E-state index is 12.7. The van der Waals surface area contributed by atoms with Crippen molar-refractivity contribution < 1.29 is 14.4 Å². The van der Waals surface area contributed by atoms with Crippen LogP contribution in [0.1, 0.15) is 16.7 Å². The van der Waals surface area contributed by atoms with Crippen molar-refractivity contribution in [1.29, 1.82) is 0 Å². The van der Waals surface area contributed by atoms with Gasteiger partial charge < -0.3 is 30.4 Å². The number of hydrogen-bond donors (Lipinski definition) is 2. The van der Waals surface area contributed by atoms with Crippen LogP contribution in [0.25, 0.3) is 12.2 Å². The molecule has 0 fully saturated rings. The number of methoxy groups -OCH3 is 2. The summed E-state index contributed by atoms with van der Waals surface area (Å²) in [5.74, 6) is 0.583. The number of nitrogens with two attached hydrogens (primary N) is 2. The van der Waals surface area contributed by atoms with Crippen molar-refractivity contribution in [2.45, 2.75) is 19.6 Å². The lowest BCUT2D eigenvalue weighted by Crippen LogP contribution is -2.28. The normalized spacial score (nSPS) is 14.6. The van der Waals surface area contributed by atoms with E-state index >= 15 is 0 Å². The smallest absolute Gasteiger partial charge is 0.269 e. The number of aryl methyl sites for hydroxylation is 1. The van der Waals surface area contributed by atoms with E-state index in [0.29, 0.717) is 34.8 Å². The average molecular weight is 458 g/mol. The molecule has 1 aliphatic rings. The Morgan fingerprint density at radius 1 is 1.18 bits per heavy atom. The van der Waals surface area contributed by atoms with Crippen LogP contribution in [0.15, 0.2) is 41.0 Å². The van der Waals surface area contributed by atoms with Crippen LogP contribution in [0.2, 0.25) is 0 Å². The Balaban J connectivity index is 0.000000294. The Hall–Kier alpha value is -3.63. The lowest BCUT2D eigenvalue weighted by molar-refractivity contribution is -0.384. The predicted octanol–water partition coefficient (Wildman–Crippen LogP) is 2.51.